The van der Waals surface area contributed by atoms with Gasteiger partial charge in [0.25, 0.3) is 5.91 Å². The van der Waals surface area contributed by atoms with E-state index in [-0.39, 0.29) is 18.3 Å². The van der Waals surface area contributed by atoms with E-state index in [4.69, 9.17) is 15.2 Å². The number of rotatable bonds is 5. The molecule has 1 aromatic carbocycles. The van der Waals surface area contributed by atoms with Crippen LogP contribution in [0.3, 0.4) is 0 Å². The lowest BCUT2D eigenvalue weighted by molar-refractivity contribution is -0.149. The van der Waals surface area contributed by atoms with Gasteiger partial charge in [-0.1, -0.05) is 6.07 Å². The summed E-state index contributed by atoms with van der Waals surface area (Å²) in [6.07, 6.45) is -0.200. The van der Waals surface area contributed by atoms with Crippen LogP contribution in [-0.2, 0) is 9.53 Å². The van der Waals surface area contributed by atoms with Crippen molar-refractivity contribution in [2.24, 2.45) is 5.73 Å². The van der Waals surface area contributed by atoms with Gasteiger partial charge in [-0.05, 0) is 38.5 Å². The van der Waals surface area contributed by atoms with E-state index in [0.717, 1.165) is 5.56 Å². The molecule has 2 N–H and O–H groups in total. The van der Waals surface area contributed by atoms with Crippen LogP contribution >= 0.6 is 0 Å². The fourth-order valence-corrected chi connectivity index (χ4v) is 1.39. The molecule has 0 unspecified atom stereocenters. The third-order valence-corrected chi connectivity index (χ3v) is 2.12. The zero-order valence-electron chi connectivity index (χ0n) is 10.7. The summed E-state index contributed by atoms with van der Waals surface area (Å²) in [5.74, 6) is -0.785. The molecular formula is C13H17NO4. The molecule has 0 radical (unpaired) electrons. The second-order valence-corrected chi connectivity index (χ2v) is 4.19. The lowest BCUT2D eigenvalue weighted by Gasteiger charge is -2.11. The number of nitrogens with two attached hydrogens (primary N) is 1. The van der Waals surface area contributed by atoms with Gasteiger partial charge in [0, 0.05) is 0 Å². The molecule has 18 heavy (non-hydrogen) atoms. The molecular weight excluding hydrogens is 234 g/mol. The van der Waals surface area contributed by atoms with Crippen LogP contribution in [0.1, 0.15) is 29.8 Å². The SMILES string of the molecule is Cc1ccc(C(N)=O)c(OCC(=O)OC(C)C)c1. The van der Waals surface area contributed by atoms with E-state index in [2.05, 4.69) is 0 Å². The maximum absolute atomic E-state index is 11.3. The van der Waals surface area contributed by atoms with E-state index in [9.17, 15) is 9.59 Å². The van der Waals surface area contributed by atoms with Gasteiger partial charge in [0.05, 0.1) is 11.7 Å². The highest BCUT2D eigenvalue weighted by Crippen LogP contribution is 2.19. The van der Waals surface area contributed by atoms with Crippen molar-refractivity contribution in [2.45, 2.75) is 26.9 Å². The zero-order valence-corrected chi connectivity index (χ0v) is 10.7. The summed E-state index contributed by atoms with van der Waals surface area (Å²) in [4.78, 5) is 22.5. The third kappa shape index (κ3) is 4.08. The molecule has 1 aromatic rings. The Bertz CT molecular complexity index is 454. The van der Waals surface area contributed by atoms with E-state index in [0.29, 0.717) is 5.75 Å². The van der Waals surface area contributed by atoms with Crippen LogP contribution in [-0.4, -0.2) is 24.6 Å². The fourth-order valence-electron chi connectivity index (χ4n) is 1.39. The van der Waals surface area contributed by atoms with Crippen molar-refractivity contribution >= 4 is 11.9 Å². The first kappa shape index (κ1) is 14.0. The van der Waals surface area contributed by atoms with Gasteiger partial charge in [0.1, 0.15) is 5.75 Å². The minimum absolute atomic E-state index is 0.200. The summed E-state index contributed by atoms with van der Waals surface area (Å²) in [7, 11) is 0. The van der Waals surface area contributed by atoms with Crippen molar-refractivity contribution in [3.8, 4) is 5.75 Å². The number of esters is 1. The van der Waals surface area contributed by atoms with Gasteiger partial charge >= 0.3 is 5.97 Å². The quantitative estimate of drug-likeness (QED) is 0.803. The Labute approximate surface area is 106 Å². The Kier molecular flexibility index (Phi) is 4.71. The maximum Gasteiger partial charge on any atom is 0.344 e. The minimum Gasteiger partial charge on any atom is -0.481 e. The lowest BCUT2D eigenvalue weighted by Crippen LogP contribution is -2.20. The monoisotopic (exact) mass is 251 g/mol. The number of ether oxygens (including phenoxy) is 2. The van der Waals surface area contributed by atoms with Gasteiger partial charge in [-0.25, -0.2) is 4.79 Å². The van der Waals surface area contributed by atoms with Crippen LogP contribution in [0.4, 0.5) is 0 Å². The number of hydrogen-bond acceptors (Lipinski definition) is 4. The van der Waals surface area contributed by atoms with E-state index in [1.165, 1.54) is 0 Å². The first-order chi connectivity index (χ1) is 8.40. The molecule has 5 heteroatoms. The van der Waals surface area contributed by atoms with Crippen molar-refractivity contribution in [3.63, 3.8) is 0 Å². The van der Waals surface area contributed by atoms with Crippen LogP contribution in [0.5, 0.6) is 5.75 Å². The molecule has 0 aromatic heterocycles. The van der Waals surface area contributed by atoms with Gasteiger partial charge < -0.3 is 15.2 Å². The number of carbonyl (C=O) groups excluding carboxylic acids is 2. The Morgan fingerprint density at radius 1 is 1.33 bits per heavy atom. The zero-order chi connectivity index (χ0) is 13.7. The molecule has 1 rings (SSSR count). The Hall–Kier alpha value is -2.04. The summed E-state index contributed by atoms with van der Waals surface area (Å²) < 4.78 is 10.2. The van der Waals surface area contributed by atoms with E-state index >= 15 is 0 Å². The van der Waals surface area contributed by atoms with Crippen LogP contribution in [0, 0.1) is 6.92 Å². The first-order valence-corrected chi connectivity index (χ1v) is 5.63. The highest BCUT2D eigenvalue weighted by Gasteiger charge is 2.12. The Morgan fingerprint density at radius 2 is 2.00 bits per heavy atom. The molecule has 0 bridgehead atoms. The highest BCUT2D eigenvalue weighted by molar-refractivity contribution is 5.95. The number of hydrogen-bond donors (Lipinski definition) is 1. The minimum atomic E-state index is -0.595. The average Bonchev–Trinajstić information content (AvgIpc) is 2.25. The number of aryl methyl sites for hydroxylation is 1. The number of benzene rings is 1. The molecule has 0 heterocycles. The van der Waals surface area contributed by atoms with Gasteiger partial charge in [0.2, 0.25) is 0 Å². The molecule has 1 amide bonds. The molecule has 98 valence electrons. The Balaban J connectivity index is 2.74. The average molecular weight is 251 g/mol. The lowest BCUT2D eigenvalue weighted by atomic mass is 10.1. The molecule has 0 aliphatic rings. The smallest absolute Gasteiger partial charge is 0.344 e. The predicted octanol–water partition coefficient (Wildman–Crippen LogP) is 1.42. The fraction of sp³-hybridized carbons (Fsp3) is 0.385. The molecule has 0 saturated heterocycles. The van der Waals surface area contributed by atoms with Gasteiger partial charge in [-0.2, -0.15) is 0 Å². The summed E-state index contributed by atoms with van der Waals surface area (Å²) >= 11 is 0. The third-order valence-electron chi connectivity index (χ3n) is 2.12. The standard InChI is InChI=1S/C13H17NO4/c1-8(2)18-12(15)7-17-11-6-9(3)4-5-10(11)13(14)16/h4-6,8H,7H2,1-3H3,(H2,14,16). The van der Waals surface area contributed by atoms with Gasteiger partial charge in [0.15, 0.2) is 6.61 Å². The van der Waals surface area contributed by atoms with Crippen molar-refractivity contribution in [3.05, 3.63) is 29.3 Å². The molecule has 0 fully saturated rings. The molecule has 0 aliphatic heterocycles. The van der Waals surface area contributed by atoms with Crippen LogP contribution < -0.4 is 10.5 Å². The summed E-state index contributed by atoms with van der Waals surface area (Å²) in [5.41, 5.74) is 6.37. The second-order valence-electron chi connectivity index (χ2n) is 4.19. The van der Waals surface area contributed by atoms with E-state index in [1.54, 1.807) is 32.0 Å². The van der Waals surface area contributed by atoms with Crippen LogP contribution in [0.15, 0.2) is 18.2 Å². The van der Waals surface area contributed by atoms with Crippen molar-refractivity contribution in [1.82, 2.24) is 0 Å². The summed E-state index contributed by atoms with van der Waals surface area (Å²) in [6.45, 7) is 5.10. The number of amides is 1. The molecule has 0 spiro atoms. The summed E-state index contributed by atoms with van der Waals surface area (Å²) in [6, 6.07) is 4.98. The molecule has 5 nitrogen and oxygen atoms in total. The second kappa shape index (κ2) is 6.05. The van der Waals surface area contributed by atoms with Crippen LogP contribution in [0.2, 0.25) is 0 Å². The van der Waals surface area contributed by atoms with Gasteiger partial charge in [-0.3, -0.25) is 4.79 Å². The number of carbonyl (C=O) groups is 2. The van der Waals surface area contributed by atoms with Crippen molar-refractivity contribution in [2.75, 3.05) is 6.61 Å². The van der Waals surface area contributed by atoms with Crippen molar-refractivity contribution < 1.29 is 19.1 Å². The van der Waals surface area contributed by atoms with Crippen LogP contribution in [0.25, 0.3) is 0 Å². The molecule has 0 saturated carbocycles. The van der Waals surface area contributed by atoms with E-state index in [1.807, 2.05) is 6.92 Å². The largest absolute Gasteiger partial charge is 0.481 e. The predicted molar refractivity (Wildman–Crippen MR) is 66.4 cm³/mol. The Morgan fingerprint density at radius 3 is 2.56 bits per heavy atom. The molecule has 0 aliphatic carbocycles. The number of primary amides is 1. The maximum atomic E-state index is 11.3. The van der Waals surface area contributed by atoms with E-state index < -0.39 is 11.9 Å². The normalized spacial score (nSPS) is 10.2. The first-order valence-electron chi connectivity index (χ1n) is 5.63. The topological polar surface area (TPSA) is 78.6 Å². The summed E-state index contributed by atoms with van der Waals surface area (Å²) in [5, 5.41) is 0. The van der Waals surface area contributed by atoms with Gasteiger partial charge in [-0.15, -0.1) is 0 Å². The molecule has 0 atom stereocenters. The van der Waals surface area contributed by atoms with Crippen molar-refractivity contribution in [1.29, 1.82) is 0 Å². The highest BCUT2D eigenvalue weighted by atomic mass is 16.6.